The van der Waals surface area contributed by atoms with E-state index in [9.17, 15) is 22.4 Å². The zero-order valence-electron chi connectivity index (χ0n) is 9.59. The number of hydrogen-bond acceptors (Lipinski definition) is 2. The SMILES string of the molecule is O=C(Nc1cc(C(F)(F)F)ccc1F)c1ccoc1Br. The second-order valence-corrected chi connectivity index (χ2v) is 4.47. The summed E-state index contributed by atoms with van der Waals surface area (Å²) in [5, 5.41) is 2.06. The van der Waals surface area contributed by atoms with E-state index in [0.717, 1.165) is 0 Å². The minimum Gasteiger partial charge on any atom is -0.457 e. The summed E-state index contributed by atoms with van der Waals surface area (Å²) < 4.78 is 55.9. The monoisotopic (exact) mass is 351 g/mol. The molecule has 1 heterocycles. The highest BCUT2D eigenvalue weighted by molar-refractivity contribution is 9.10. The van der Waals surface area contributed by atoms with Crippen LogP contribution in [0, 0.1) is 5.82 Å². The minimum absolute atomic E-state index is 0.0433. The van der Waals surface area contributed by atoms with E-state index in [1.807, 2.05) is 0 Å². The van der Waals surface area contributed by atoms with Crippen molar-refractivity contribution >= 4 is 27.5 Å². The minimum atomic E-state index is -4.62. The fourth-order valence-corrected chi connectivity index (χ4v) is 1.86. The molecule has 0 spiro atoms. The molecule has 0 aliphatic rings. The van der Waals surface area contributed by atoms with E-state index in [1.54, 1.807) is 0 Å². The molecule has 1 N–H and O–H groups in total. The Kier molecular flexibility index (Phi) is 3.85. The van der Waals surface area contributed by atoms with Gasteiger partial charge in [-0.1, -0.05) is 0 Å². The number of rotatable bonds is 2. The average Bonchev–Trinajstić information content (AvgIpc) is 2.77. The molecule has 1 aromatic heterocycles. The van der Waals surface area contributed by atoms with Crippen LogP contribution in [0.4, 0.5) is 23.2 Å². The first-order valence-corrected chi connectivity index (χ1v) is 5.99. The molecule has 106 valence electrons. The molecule has 2 rings (SSSR count). The maximum atomic E-state index is 13.4. The predicted octanol–water partition coefficient (Wildman–Crippen LogP) is 4.45. The van der Waals surface area contributed by atoms with Crippen molar-refractivity contribution in [3.05, 3.63) is 52.1 Å². The van der Waals surface area contributed by atoms with Gasteiger partial charge in [-0.15, -0.1) is 0 Å². The predicted molar refractivity (Wildman–Crippen MR) is 65.8 cm³/mol. The van der Waals surface area contributed by atoms with E-state index >= 15 is 0 Å². The molecule has 0 aliphatic heterocycles. The van der Waals surface area contributed by atoms with Crippen molar-refractivity contribution in [3.8, 4) is 0 Å². The normalized spacial score (nSPS) is 11.4. The van der Waals surface area contributed by atoms with Crippen LogP contribution in [0.5, 0.6) is 0 Å². The van der Waals surface area contributed by atoms with Crippen molar-refractivity contribution in [2.24, 2.45) is 0 Å². The number of carbonyl (C=O) groups excluding carboxylic acids is 1. The first-order valence-electron chi connectivity index (χ1n) is 5.20. The number of furan rings is 1. The molecule has 0 bridgehead atoms. The molecule has 0 unspecified atom stereocenters. The fraction of sp³-hybridized carbons (Fsp3) is 0.0833. The van der Waals surface area contributed by atoms with Crippen LogP contribution in [0.1, 0.15) is 15.9 Å². The molecule has 3 nitrogen and oxygen atoms in total. The Morgan fingerprint density at radius 3 is 2.50 bits per heavy atom. The molecule has 0 atom stereocenters. The molecule has 0 saturated heterocycles. The average molecular weight is 352 g/mol. The van der Waals surface area contributed by atoms with Gasteiger partial charge in [-0.3, -0.25) is 4.79 Å². The smallest absolute Gasteiger partial charge is 0.416 e. The van der Waals surface area contributed by atoms with Crippen molar-refractivity contribution in [2.45, 2.75) is 6.18 Å². The van der Waals surface area contributed by atoms with E-state index in [4.69, 9.17) is 4.42 Å². The number of benzene rings is 1. The third kappa shape index (κ3) is 3.01. The van der Waals surface area contributed by atoms with Crippen LogP contribution in [0.3, 0.4) is 0 Å². The number of amides is 1. The molecule has 1 amide bonds. The Bertz CT molecular complexity index is 651. The fourth-order valence-electron chi connectivity index (χ4n) is 1.44. The first kappa shape index (κ1) is 14.6. The zero-order chi connectivity index (χ0) is 14.9. The number of anilines is 1. The lowest BCUT2D eigenvalue weighted by molar-refractivity contribution is -0.137. The van der Waals surface area contributed by atoms with Gasteiger partial charge in [-0.2, -0.15) is 13.2 Å². The number of alkyl halides is 3. The van der Waals surface area contributed by atoms with Gasteiger partial charge in [0.25, 0.3) is 5.91 Å². The van der Waals surface area contributed by atoms with Gasteiger partial charge in [0.05, 0.1) is 23.1 Å². The summed E-state index contributed by atoms with van der Waals surface area (Å²) in [5.41, 5.74) is -1.57. The third-order valence-corrected chi connectivity index (χ3v) is 3.02. The van der Waals surface area contributed by atoms with Gasteiger partial charge >= 0.3 is 6.18 Å². The molecule has 0 aliphatic carbocycles. The summed E-state index contributed by atoms with van der Waals surface area (Å²) in [5.74, 6) is -1.75. The van der Waals surface area contributed by atoms with Crippen LogP contribution in [-0.4, -0.2) is 5.91 Å². The van der Waals surface area contributed by atoms with Crippen LogP contribution in [-0.2, 0) is 6.18 Å². The van der Waals surface area contributed by atoms with E-state index < -0.39 is 29.2 Å². The Hall–Kier alpha value is -1.83. The summed E-state index contributed by atoms with van der Waals surface area (Å²) >= 11 is 2.94. The van der Waals surface area contributed by atoms with Crippen LogP contribution < -0.4 is 5.32 Å². The van der Waals surface area contributed by atoms with E-state index in [-0.39, 0.29) is 10.2 Å². The second kappa shape index (κ2) is 5.28. The van der Waals surface area contributed by atoms with Crippen LogP contribution in [0.25, 0.3) is 0 Å². The molecule has 0 radical (unpaired) electrons. The molecule has 0 saturated carbocycles. The molecular formula is C12H6BrF4NO2. The van der Waals surface area contributed by atoms with Crippen molar-refractivity contribution in [1.82, 2.24) is 0 Å². The largest absolute Gasteiger partial charge is 0.457 e. The second-order valence-electron chi connectivity index (χ2n) is 3.75. The Morgan fingerprint density at radius 2 is 1.95 bits per heavy atom. The molecule has 20 heavy (non-hydrogen) atoms. The maximum Gasteiger partial charge on any atom is 0.416 e. The van der Waals surface area contributed by atoms with Gasteiger partial charge in [0, 0.05) is 0 Å². The summed E-state index contributed by atoms with van der Waals surface area (Å²) in [6, 6.07) is 3.06. The van der Waals surface area contributed by atoms with Crippen LogP contribution >= 0.6 is 15.9 Å². The van der Waals surface area contributed by atoms with Crippen molar-refractivity contribution in [1.29, 1.82) is 0 Å². The van der Waals surface area contributed by atoms with E-state index in [0.29, 0.717) is 18.2 Å². The molecule has 1 aromatic carbocycles. The van der Waals surface area contributed by atoms with Gasteiger partial charge in [0.15, 0.2) is 4.67 Å². The quantitative estimate of drug-likeness (QED) is 0.812. The lowest BCUT2D eigenvalue weighted by Gasteiger charge is -2.10. The molecule has 2 aromatic rings. The number of halogens is 5. The number of carbonyl (C=O) groups is 1. The Morgan fingerprint density at radius 1 is 1.25 bits per heavy atom. The Balaban J connectivity index is 2.30. The summed E-state index contributed by atoms with van der Waals surface area (Å²) in [4.78, 5) is 11.8. The lowest BCUT2D eigenvalue weighted by atomic mass is 10.2. The van der Waals surface area contributed by atoms with Gasteiger partial charge in [0.2, 0.25) is 0 Å². The number of hydrogen-bond donors (Lipinski definition) is 1. The van der Waals surface area contributed by atoms with Crippen LogP contribution in [0.15, 0.2) is 39.6 Å². The highest BCUT2D eigenvalue weighted by atomic mass is 79.9. The van der Waals surface area contributed by atoms with Gasteiger partial charge in [-0.25, -0.2) is 4.39 Å². The molecule has 0 fully saturated rings. The topological polar surface area (TPSA) is 42.2 Å². The van der Waals surface area contributed by atoms with Crippen molar-refractivity contribution in [3.63, 3.8) is 0 Å². The van der Waals surface area contributed by atoms with Crippen molar-refractivity contribution in [2.75, 3.05) is 5.32 Å². The maximum absolute atomic E-state index is 13.4. The van der Waals surface area contributed by atoms with Gasteiger partial charge in [-0.05, 0) is 40.2 Å². The van der Waals surface area contributed by atoms with Gasteiger partial charge in [0.1, 0.15) is 5.82 Å². The highest BCUT2D eigenvalue weighted by Crippen LogP contribution is 2.32. The lowest BCUT2D eigenvalue weighted by Crippen LogP contribution is -2.14. The summed E-state index contributed by atoms with van der Waals surface area (Å²) in [7, 11) is 0. The van der Waals surface area contributed by atoms with Crippen molar-refractivity contribution < 1.29 is 26.8 Å². The summed E-state index contributed by atoms with van der Waals surface area (Å²) in [6.45, 7) is 0. The Labute approximate surface area is 118 Å². The van der Waals surface area contributed by atoms with E-state index in [1.165, 1.54) is 12.3 Å². The number of nitrogens with one attached hydrogen (secondary N) is 1. The highest BCUT2D eigenvalue weighted by Gasteiger charge is 2.31. The van der Waals surface area contributed by atoms with Gasteiger partial charge < -0.3 is 9.73 Å². The van der Waals surface area contributed by atoms with Crippen LogP contribution in [0.2, 0.25) is 0 Å². The third-order valence-electron chi connectivity index (χ3n) is 2.40. The standard InChI is InChI=1S/C12H6BrF4NO2/c13-10-7(3-4-20-10)11(19)18-9-5-6(12(15,16)17)1-2-8(9)14/h1-5H,(H,18,19). The van der Waals surface area contributed by atoms with E-state index in [2.05, 4.69) is 21.2 Å². The zero-order valence-corrected chi connectivity index (χ0v) is 11.2. The molecular weight excluding hydrogens is 346 g/mol. The first-order chi connectivity index (χ1) is 9.29. The molecule has 8 heteroatoms. The summed E-state index contributed by atoms with van der Waals surface area (Å²) in [6.07, 6.45) is -3.41.